The normalized spacial score (nSPS) is 12.3. The average Bonchev–Trinajstić information content (AvgIpc) is 3.77. The Morgan fingerprint density at radius 3 is 2.53 bits per heavy atom. The van der Waals surface area contributed by atoms with Crippen molar-refractivity contribution in [3.8, 4) is 34.3 Å². The molecule has 0 atom stereocenters. The van der Waals surface area contributed by atoms with Crippen LogP contribution in [0.4, 0.5) is 0 Å². The predicted octanol–water partition coefficient (Wildman–Crippen LogP) is 6.62. The van der Waals surface area contributed by atoms with Crippen LogP contribution in [-0.4, -0.2) is 31.0 Å². The van der Waals surface area contributed by atoms with Gasteiger partial charge in [-0.1, -0.05) is 61.6 Å². The van der Waals surface area contributed by atoms with Crippen LogP contribution in [0, 0.1) is 19.8 Å². The summed E-state index contributed by atoms with van der Waals surface area (Å²) < 4.78 is 15.7. The number of aromatic nitrogens is 5. The van der Waals surface area contributed by atoms with Gasteiger partial charge in [-0.3, -0.25) is 4.79 Å². The molecule has 0 saturated carbocycles. The van der Waals surface area contributed by atoms with Crippen LogP contribution in [0.5, 0.6) is 5.75 Å². The topological polar surface area (TPSA) is 87.5 Å². The molecule has 9 heteroatoms. The molecule has 43 heavy (non-hydrogen) atoms. The largest absolute Gasteiger partial charge is 0.493 e. The Kier molecular flexibility index (Phi) is 6.66. The summed E-state index contributed by atoms with van der Waals surface area (Å²) in [5, 5.41) is 10.5. The smallest absolute Gasteiger partial charge is 0.291 e. The van der Waals surface area contributed by atoms with Crippen molar-refractivity contribution in [2.45, 2.75) is 27.7 Å². The number of rotatable bonds is 7. The Morgan fingerprint density at radius 1 is 1.00 bits per heavy atom. The number of ether oxygens (including phenoxy) is 1. The first-order valence-electron chi connectivity index (χ1n) is 14.1. The second-order valence-corrected chi connectivity index (χ2v) is 12.0. The van der Waals surface area contributed by atoms with E-state index in [-0.39, 0.29) is 5.56 Å². The average molecular weight is 588 g/mol. The van der Waals surface area contributed by atoms with Crippen LogP contribution in [0.2, 0.25) is 0 Å². The summed E-state index contributed by atoms with van der Waals surface area (Å²) in [6.07, 6.45) is 3.82. The van der Waals surface area contributed by atoms with E-state index in [2.05, 4.69) is 30.0 Å². The third-order valence-corrected chi connectivity index (χ3v) is 8.26. The number of para-hydroxylation sites is 2. The van der Waals surface area contributed by atoms with E-state index in [4.69, 9.17) is 14.3 Å². The summed E-state index contributed by atoms with van der Waals surface area (Å²) >= 11 is 1.29. The van der Waals surface area contributed by atoms with Gasteiger partial charge >= 0.3 is 0 Å². The second-order valence-electron chi connectivity index (χ2n) is 11.0. The molecule has 0 aliphatic carbocycles. The number of aryl methyl sites for hydroxylation is 2. The van der Waals surface area contributed by atoms with Gasteiger partial charge in [0.1, 0.15) is 17.0 Å². The minimum atomic E-state index is -0.237. The monoisotopic (exact) mass is 587 g/mol. The highest BCUT2D eigenvalue weighted by Gasteiger charge is 2.20. The van der Waals surface area contributed by atoms with Gasteiger partial charge in [0.25, 0.3) is 5.56 Å². The van der Waals surface area contributed by atoms with Crippen molar-refractivity contribution in [1.29, 1.82) is 0 Å². The van der Waals surface area contributed by atoms with Crippen molar-refractivity contribution in [1.82, 2.24) is 24.4 Å². The van der Waals surface area contributed by atoms with Crippen LogP contribution >= 0.6 is 11.3 Å². The van der Waals surface area contributed by atoms with Gasteiger partial charge in [-0.15, -0.1) is 5.10 Å². The highest BCUT2D eigenvalue weighted by molar-refractivity contribution is 7.15. The first-order valence-corrected chi connectivity index (χ1v) is 15.0. The Balaban J connectivity index is 1.32. The zero-order valence-corrected chi connectivity index (χ0v) is 25.1. The lowest BCUT2D eigenvalue weighted by Crippen LogP contribution is -2.23. The van der Waals surface area contributed by atoms with Gasteiger partial charge in [0.15, 0.2) is 5.76 Å². The summed E-state index contributed by atoms with van der Waals surface area (Å²) in [4.78, 5) is 18.7. The molecular weight excluding hydrogens is 558 g/mol. The highest BCUT2D eigenvalue weighted by atomic mass is 32.1. The zero-order chi connectivity index (χ0) is 29.7. The standard InChI is InChI=1S/C34H29N5O3S/c1-20(2)19-41-27-15-14-23(16-21(27)3)30-24(18-38(36-30)25-10-6-5-7-11-25)17-29-33(40)39-34(43-29)35-32(37-39)31-22(4)26-12-8-9-13-28(26)42-31/h5-18,20H,19H2,1-4H3/b29-17-. The summed E-state index contributed by atoms with van der Waals surface area (Å²) in [6.45, 7) is 8.92. The van der Waals surface area contributed by atoms with Crippen molar-refractivity contribution in [3.05, 3.63) is 111 Å². The number of fused-ring (bicyclic) bond motifs is 2. The molecule has 4 heterocycles. The molecule has 7 rings (SSSR count). The van der Waals surface area contributed by atoms with Gasteiger partial charge in [0.05, 0.1) is 16.8 Å². The van der Waals surface area contributed by atoms with E-state index in [0.717, 1.165) is 50.4 Å². The van der Waals surface area contributed by atoms with Crippen molar-refractivity contribution in [3.63, 3.8) is 0 Å². The van der Waals surface area contributed by atoms with Crippen LogP contribution in [0.3, 0.4) is 0 Å². The van der Waals surface area contributed by atoms with E-state index < -0.39 is 0 Å². The molecule has 0 radical (unpaired) electrons. The molecule has 7 aromatic rings. The van der Waals surface area contributed by atoms with Crippen LogP contribution in [0.15, 0.2) is 88.2 Å². The summed E-state index contributed by atoms with van der Waals surface area (Å²) in [5.74, 6) is 2.26. The van der Waals surface area contributed by atoms with Gasteiger partial charge in [-0.05, 0) is 67.8 Å². The molecule has 0 aliphatic rings. The van der Waals surface area contributed by atoms with Gasteiger partial charge in [0.2, 0.25) is 10.8 Å². The van der Waals surface area contributed by atoms with E-state index in [1.807, 2.05) is 97.5 Å². The minimum Gasteiger partial charge on any atom is -0.493 e. The van der Waals surface area contributed by atoms with E-state index in [1.54, 1.807) is 0 Å². The molecular formula is C34H29N5O3S. The fraction of sp³-hybridized carbons (Fsp3) is 0.176. The van der Waals surface area contributed by atoms with Gasteiger partial charge < -0.3 is 9.15 Å². The molecule has 4 aromatic heterocycles. The number of thiazole rings is 1. The first kappa shape index (κ1) is 26.9. The van der Waals surface area contributed by atoms with Crippen molar-refractivity contribution < 1.29 is 9.15 Å². The quantitative estimate of drug-likeness (QED) is 0.208. The fourth-order valence-corrected chi connectivity index (χ4v) is 6.00. The molecule has 0 bridgehead atoms. The molecule has 0 unspecified atom stereocenters. The van der Waals surface area contributed by atoms with Gasteiger partial charge in [0, 0.05) is 28.3 Å². The molecule has 0 N–H and O–H groups in total. The lowest BCUT2D eigenvalue weighted by Gasteiger charge is -2.12. The van der Waals surface area contributed by atoms with E-state index in [9.17, 15) is 4.79 Å². The van der Waals surface area contributed by atoms with Gasteiger partial charge in [-0.25, -0.2) is 4.68 Å². The Bertz CT molecular complexity index is 2220. The van der Waals surface area contributed by atoms with Crippen molar-refractivity contribution in [2.75, 3.05) is 6.61 Å². The molecule has 8 nitrogen and oxygen atoms in total. The molecule has 3 aromatic carbocycles. The number of hydrogen-bond acceptors (Lipinski definition) is 7. The van der Waals surface area contributed by atoms with E-state index in [0.29, 0.717) is 33.6 Å². The Morgan fingerprint density at radius 2 is 1.79 bits per heavy atom. The first-order chi connectivity index (χ1) is 20.9. The number of hydrogen-bond donors (Lipinski definition) is 0. The van der Waals surface area contributed by atoms with E-state index >= 15 is 0 Å². The zero-order valence-electron chi connectivity index (χ0n) is 24.2. The highest BCUT2D eigenvalue weighted by Crippen LogP contribution is 2.32. The van der Waals surface area contributed by atoms with Crippen LogP contribution in [0.25, 0.3) is 50.5 Å². The summed E-state index contributed by atoms with van der Waals surface area (Å²) in [5.41, 5.74) is 5.94. The second kappa shape index (κ2) is 10.7. The van der Waals surface area contributed by atoms with Crippen LogP contribution in [-0.2, 0) is 0 Å². The molecule has 0 fully saturated rings. The number of nitrogens with zero attached hydrogens (tertiary/aromatic N) is 5. The molecule has 0 saturated heterocycles. The Labute approximate surface area is 251 Å². The van der Waals surface area contributed by atoms with Crippen LogP contribution in [0.1, 0.15) is 30.5 Å². The SMILES string of the molecule is Cc1cc(-c2nn(-c3ccccc3)cc2/C=c2\sc3nc(-c4oc5ccccc5c4C)nn3c2=O)ccc1OCC(C)C. The van der Waals surface area contributed by atoms with Crippen molar-refractivity contribution in [2.24, 2.45) is 5.92 Å². The maximum Gasteiger partial charge on any atom is 0.291 e. The predicted molar refractivity (Wildman–Crippen MR) is 170 cm³/mol. The summed E-state index contributed by atoms with van der Waals surface area (Å²) in [7, 11) is 0. The number of benzene rings is 3. The third kappa shape index (κ3) is 4.91. The van der Waals surface area contributed by atoms with Crippen LogP contribution < -0.4 is 14.8 Å². The minimum absolute atomic E-state index is 0.237. The maximum atomic E-state index is 13.6. The third-order valence-electron chi connectivity index (χ3n) is 7.30. The lowest BCUT2D eigenvalue weighted by atomic mass is 10.0. The summed E-state index contributed by atoms with van der Waals surface area (Å²) in [6, 6.07) is 23.8. The van der Waals surface area contributed by atoms with E-state index in [1.165, 1.54) is 15.9 Å². The fourth-order valence-electron chi connectivity index (χ4n) is 5.10. The van der Waals surface area contributed by atoms with Gasteiger partial charge in [-0.2, -0.15) is 14.6 Å². The molecule has 214 valence electrons. The van der Waals surface area contributed by atoms with Crippen molar-refractivity contribution >= 4 is 33.3 Å². The molecule has 0 aliphatic heterocycles. The lowest BCUT2D eigenvalue weighted by molar-refractivity contribution is 0.269. The molecule has 0 spiro atoms. The number of furan rings is 1. The Hall–Kier alpha value is -5.02. The maximum absolute atomic E-state index is 13.6. The molecule has 0 amide bonds.